The zero-order valence-electron chi connectivity index (χ0n) is 17.8. The van der Waals surface area contributed by atoms with E-state index in [1.54, 1.807) is 54.6 Å². The average molecular weight is 510 g/mol. The summed E-state index contributed by atoms with van der Waals surface area (Å²) in [6.45, 7) is 1.81. The summed E-state index contributed by atoms with van der Waals surface area (Å²) in [5.41, 5.74) is 4.22. The van der Waals surface area contributed by atoms with E-state index in [9.17, 15) is 14.4 Å². The standard InChI is InChI=1S/C24H20BrN3O5/c1-15-5-3-4-6-20(15)24(31)33-21-12-7-17(25)13-16(21)14-26-28-23(30)22(29)27-18-8-10-19(32-2)11-9-18/h3-14H,1-2H3,(H,27,29)(H,28,30)/b26-14-. The first-order valence-electron chi connectivity index (χ1n) is 9.73. The van der Waals surface area contributed by atoms with Gasteiger partial charge in [0.05, 0.1) is 18.9 Å². The van der Waals surface area contributed by atoms with Crippen LogP contribution in [0.3, 0.4) is 0 Å². The summed E-state index contributed by atoms with van der Waals surface area (Å²) >= 11 is 3.35. The van der Waals surface area contributed by atoms with Crippen LogP contribution in [0.2, 0.25) is 0 Å². The maximum atomic E-state index is 12.5. The van der Waals surface area contributed by atoms with Gasteiger partial charge in [0, 0.05) is 15.7 Å². The van der Waals surface area contributed by atoms with Crippen LogP contribution in [0.1, 0.15) is 21.5 Å². The fourth-order valence-corrected chi connectivity index (χ4v) is 3.12. The zero-order valence-corrected chi connectivity index (χ0v) is 19.4. The van der Waals surface area contributed by atoms with Crippen LogP contribution in [0.4, 0.5) is 5.69 Å². The van der Waals surface area contributed by atoms with Gasteiger partial charge in [0.25, 0.3) is 0 Å². The van der Waals surface area contributed by atoms with Crippen LogP contribution in [0, 0.1) is 6.92 Å². The molecule has 0 heterocycles. The second-order valence-electron chi connectivity index (χ2n) is 6.77. The number of carbonyl (C=O) groups is 3. The third-order valence-corrected chi connectivity index (χ3v) is 4.96. The molecule has 0 aliphatic carbocycles. The Morgan fingerprint density at radius 3 is 2.39 bits per heavy atom. The number of methoxy groups -OCH3 is 1. The van der Waals surface area contributed by atoms with E-state index in [0.717, 1.165) is 5.56 Å². The molecule has 3 aromatic rings. The van der Waals surface area contributed by atoms with Crippen LogP contribution >= 0.6 is 15.9 Å². The quantitative estimate of drug-likeness (QED) is 0.171. The van der Waals surface area contributed by atoms with Crippen molar-refractivity contribution in [3.05, 3.63) is 87.9 Å². The summed E-state index contributed by atoms with van der Waals surface area (Å²) in [5, 5.41) is 6.27. The maximum absolute atomic E-state index is 12.5. The molecule has 0 aliphatic heterocycles. The SMILES string of the molecule is COc1ccc(NC(=O)C(=O)N/N=C\c2cc(Br)ccc2OC(=O)c2ccccc2C)cc1. The number of benzene rings is 3. The van der Waals surface area contributed by atoms with Crippen molar-refractivity contribution >= 4 is 45.6 Å². The Kier molecular flexibility index (Phi) is 7.93. The molecule has 0 atom stereocenters. The molecule has 8 nitrogen and oxygen atoms in total. The normalized spacial score (nSPS) is 10.5. The molecule has 3 aromatic carbocycles. The van der Waals surface area contributed by atoms with E-state index in [1.165, 1.54) is 13.3 Å². The van der Waals surface area contributed by atoms with Gasteiger partial charge < -0.3 is 14.8 Å². The number of esters is 1. The second-order valence-corrected chi connectivity index (χ2v) is 7.68. The van der Waals surface area contributed by atoms with Gasteiger partial charge in [0.1, 0.15) is 11.5 Å². The molecule has 33 heavy (non-hydrogen) atoms. The van der Waals surface area contributed by atoms with Gasteiger partial charge >= 0.3 is 17.8 Å². The van der Waals surface area contributed by atoms with Crippen LogP contribution in [0.25, 0.3) is 0 Å². The Labute approximate surface area is 198 Å². The number of aryl methyl sites for hydroxylation is 1. The van der Waals surface area contributed by atoms with E-state index in [0.29, 0.717) is 27.0 Å². The maximum Gasteiger partial charge on any atom is 0.343 e. The molecule has 9 heteroatoms. The van der Waals surface area contributed by atoms with Gasteiger partial charge in [0.2, 0.25) is 0 Å². The molecule has 0 saturated carbocycles. The summed E-state index contributed by atoms with van der Waals surface area (Å²) in [5.74, 6) is -1.51. The van der Waals surface area contributed by atoms with E-state index in [2.05, 4.69) is 31.8 Å². The molecule has 0 fully saturated rings. The molecule has 0 saturated heterocycles. The van der Waals surface area contributed by atoms with Crippen LogP contribution in [0.15, 0.2) is 76.3 Å². The molecule has 0 spiro atoms. The number of halogens is 1. The Balaban J connectivity index is 1.65. The highest BCUT2D eigenvalue weighted by atomic mass is 79.9. The van der Waals surface area contributed by atoms with E-state index in [1.807, 2.05) is 19.1 Å². The van der Waals surface area contributed by atoms with Crippen LogP contribution in [-0.4, -0.2) is 31.1 Å². The van der Waals surface area contributed by atoms with Crippen LogP contribution in [-0.2, 0) is 9.59 Å². The lowest BCUT2D eigenvalue weighted by Crippen LogP contribution is -2.32. The average Bonchev–Trinajstić information content (AvgIpc) is 2.81. The summed E-state index contributed by atoms with van der Waals surface area (Å²) in [6.07, 6.45) is 1.28. The summed E-state index contributed by atoms with van der Waals surface area (Å²) in [7, 11) is 1.53. The van der Waals surface area contributed by atoms with Crippen LogP contribution in [0.5, 0.6) is 11.5 Å². The Morgan fingerprint density at radius 1 is 0.970 bits per heavy atom. The first-order valence-corrected chi connectivity index (χ1v) is 10.5. The van der Waals surface area contributed by atoms with E-state index >= 15 is 0 Å². The number of anilines is 1. The highest BCUT2D eigenvalue weighted by Crippen LogP contribution is 2.23. The first-order chi connectivity index (χ1) is 15.9. The fraction of sp³-hybridized carbons (Fsp3) is 0.0833. The summed E-state index contributed by atoms with van der Waals surface area (Å²) in [4.78, 5) is 36.7. The predicted octanol–water partition coefficient (Wildman–Crippen LogP) is 4.07. The topological polar surface area (TPSA) is 106 Å². The van der Waals surface area contributed by atoms with Crippen molar-refractivity contribution in [2.24, 2.45) is 5.10 Å². The molecule has 0 radical (unpaired) electrons. The lowest BCUT2D eigenvalue weighted by atomic mass is 10.1. The Bertz CT molecular complexity index is 1210. The zero-order chi connectivity index (χ0) is 23.8. The molecular formula is C24H20BrN3O5. The lowest BCUT2D eigenvalue weighted by molar-refractivity contribution is -0.136. The van der Waals surface area contributed by atoms with Crippen molar-refractivity contribution in [2.75, 3.05) is 12.4 Å². The predicted molar refractivity (Wildman–Crippen MR) is 128 cm³/mol. The first kappa shape index (κ1) is 23.7. The van der Waals surface area contributed by atoms with E-state index < -0.39 is 17.8 Å². The number of amides is 2. The van der Waals surface area contributed by atoms with E-state index in [-0.39, 0.29) is 5.75 Å². The number of nitrogens with zero attached hydrogens (tertiary/aromatic N) is 1. The monoisotopic (exact) mass is 509 g/mol. The molecule has 0 aromatic heterocycles. The van der Waals surface area contributed by atoms with Gasteiger partial charge in [-0.3, -0.25) is 9.59 Å². The van der Waals surface area contributed by atoms with Crippen molar-refractivity contribution < 1.29 is 23.9 Å². The summed E-state index contributed by atoms with van der Waals surface area (Å²) < 4.78 is 11.3. The van der Waals surface area contributed by atoms with Crippen LogP contribution < -0.4 is 20.2 Å². The minimum atomic E-state index is -0.962. The third kappa shape index (κ3) is 6.50. The molecule has 2 amide bonds. The van der Waals surface area contributed by atoms with Crippen molar-refractivity contribution in [1.82, 2.24) is 5.43 Å². The largest absolute Gasteiger partial charge is 0.497 e. The minimum Gasteiger partial charge on any atom is -0.497 e. The number of hydrogen-bond donors (Lipinski definition) is 2. The summed E-state index contributed by atoms with van der Waals surface area (Å²) in [6, 6.07) is 18.5. The number of rotatable bonds is 6. The van der Waals surface area contributed by atoms with Gasteiger partial charge in [-0.15, -0.1) is 0 Å². The fourth-order valence-electron chi connectivity index (χ4n) is 2.74. The van der Waals surface area contributed by atoms with Crippen molar-refractivity contribution in [3.63, 3.8) is 0 Å². The molecule has 0 bridgehead atoms. The molecule has 168 valence electrons. The van der Waals surface area contributed by atoms with Gasteiger partial charge in [-0.05, 0) is 61.0 Å². The molecule has 0 aliphatic rings. The number of hydrogen-bond acceptors (Lipinski definition) is 6. The number of carbonyl (C=O) groups excluding carboxylic acids is 3. The third-order valence-electron chi connectivity index (χ3n) is 4.46. The highest BCUT2D eigenvalue weighted by Gasteiger charge is 2.15. The molecular weight excluding hydrogens is 490 g/mol. The van der Waals surface area contributed by atoms with Crippen molar-refractivity contribution in [2.45, 2.75) is 6.92 Å². The number of ether oxygens (including phenoxy) is 2. The second kappa shape index (κ2) is 11.1. The lowest BCUT2D eigenvalue weighted by Gasteiger charge is -2.09. The minimum absolute atomic E-state index is 0.243. The van der Waals surface area contributed by atoms with Gasteiger partial charge in [-0.1, -0.05) is 34.1 Å². The smallest absolute Gasteiger partial charge is 0.343 e. The van der Waals surface area contributed by atoms with Gasteiger partial charge in [-0.2, -0.15) is 5.10 Å². The number of hydrazone groups is 1. The van der Waals surface area contributed by atoms with Crippen molar-refractivity contribution in [3.8, 4) is 11.5 Å². The molecule has 0 unspecified atom stereocenters. The molecule has 3 rings (SSSR count). The Hall–Kier alpha value is -3.98. The van der Waals surface area contributed by atoms with Gasteiger partial charge in [-0.25, -0.2) is 10.2 Å². The highest BCUT2D eigenvalue weighted by molar-refractivity contribution is 9.10. The van der Waals surface area contributed by atoms with Crippen molar-refractivity contribution in [1.29, 1.82) is 0 Å². The van der Waals surface area contributed by atoms with E-state index in [4.69, 9.17) is 9.47 Å². The Morgan fingerprint density at radius 2 is 1.70 bits per heavy atom. The molecule has 2 N–H and O–H groups in total. The number of nitrogens with one attached hydrogen (secondary N) is 2. The van der Waals surface area contributed by atoms with Gasteiger partial charge in [0.15, 0.2) is 0 Å².